The number of hydrogen-bond donors (Lipinski definition) is 1. The van der Waals surface area contributed by atoms with Crippen molar-refractivity contribution >= 4 is 11.8 Å². The molecule has 0 saturated heterocycles. The summed E-state index contributed by atoms with van der Waals surface area (Å²) in [6.07, 6.45) is 0. The molecule has 2 N–H and O–H groups in total. The fourth-order valence-corrected chi connectivity index (χ4v) is 3.37. The minimum Gasteiger partial charge on any atom is -0.330 e. The van der Waals surface area contributed by atoms with Crippen molar-refractivity contribution in [1.82, 2.24) is 0 Å². The molecule has 0 saturated carbocycles. The average molecular weight is 193 g/mol. The van der Waals surface area contributed by atoms with Gasteiger partial charge in [-0.1, -0.05) is 25.1 Å². The lowest BCUT2D eigenvalue weighted by Crippen LogP contribution is -2.17. The monoisotopic (exact) mass is 193 g/mol. The van der Waals surface area contributed by atoms with Crippen LogP contribution in [0.25, 0.3) is 0 Å². The number of benzene rings is 1. The van der Waals surface area contributed by atoms with Crippen molar-refractivity contribution in [3.8, 4) is 0 Å². The van der Waals surface area contributed by atoms with E-state index >= 15 is 0 Å². The Morgan fingerprint density at radius 1 is 1.46 bits per heavy atom. The number of rotatable bonds is 1. The Bertz CT molecular complexity index is 322. The lowest BCUT2D eigenvalue weighted by molar-refractivity contribution is 0.696. The summed E-state index contributed by atoms with van der Waals surface area (Å²) in [6.45, 7) is 5.21. The van der Waals surface area contributed by atoms with Gasteiger partial charge in [0.15, 0.2) is 0 Å². The first-order valence-electron chi connectivity index (χ1n) is 4.70. The van der Waals surface area contributed by atoms with Crippen molar-refractivity contribution in [1.29, 1.82) is 0 Å². The smallest absolute Gasteiger partial charge is 0.0147 e. The van der Waals surface area contributed by atoms with Gasteiger partial charge >= 0.3 is 0 Å². The van der Waals surface area contributed by atoms with Crippen molar-refractivity contribution in [2.24, 2.45) is 5.73 Å². The third-order valence-corrected chi connectivity index (χ3v) is 4.26. The molecule has 13 heavy (non-hydrogen) atoms. The molecule has 0 aromatic heterocycles. The van der Waals surface area contributed by atoms with Gasteiger partial charge in [-0.05, 0) is 18.1 Å². The third-order valence-electron chi connectivity index (χ3n) is 2.77. The Kier molecular flexibility index (Phi) is 2.35. The van der Waals surface area contributed by atoms with E-state index in [2.05, 4.69) is 32.0 Å². The van der Waals surface area contributed by atoms with E-state index in [4.69, 9.17) is 5.73 Å². The van der Waals surface area contributed by atoms with Crippen LogP contribution >= 0.6 is 11.8 Å². The van der Waals surface area contributed by atoms with Gasteiger partial charge in [0.2, 0.25) is 0 Å². The molecule has 0 amide bonds. The highest BCUT2D eigenvalue weighted by Crippen LogP contribution is 2.45. The summed E-state index contributed by atoms with van der Waals surface area (Å²) < 4.78 is 0. The van der Waals surface area contributed by atoms with Gasteiger partial charge in [0.05, 0.1) is 0 Å². The number of aryl methyl sites for hydroxylation is 1. The standard InChI is InChI=1S/C11H15NS/c1-7-4-3-5-9-10(6-12)8(2)13-11(7)9/h3-5,8,10H,6,12H2,1-2H3. The SMILES string of the molecule is Cc1cccc2c1SC(C)C2CN. The molecule has 0 fully saturated rings. The lowest BCUT2D eigenvalue weighted by Gasteiger charge is -2.11. The number of hydrogen-bond acceptors (Lipinski definition) is 2. The van der Waals surface area contributed by atoms with E-state index in [0.29, 0.717) is 11.2 Å². The van der Waals surface area contributed by atoms with Crippen LogP contribution in [-0.4, -0.2) is 11.8 Å². The Morgan fingerprint density at radius 2 is 2.23 bits per heavy atom. The van der Waals surface area contributed by atoms with E-state index < -0.39 is 0 Å². The summed E-state index contributed by atoms with van der Waals surface area (Å²) in [5.41, 5.74) is 8.63. The summed E-state index contributed by atoms with van der Waals surface area (Å²) >= 11 is 1.97. The first kappa shape index (κ1) is 9.10. The molecule has 1 aliphatic rings. The Labute approximate surface area is 83.7 Å². The number of fused-ring (bicyclic) bond motifs is 1. The van der Waals surface area contributed by atoms with Gasteiger partial charge in [-0.15, -0.1) is 11.8 Å². The molecule has 2 rings (SSSR count). The molecule has 2 heteroatoms. The predicted octanol–water partition coefficient (Wildman–Crippen LogP) is 2.53. The molecule has 0 bridgehead atoms. The fourth-order valence-electron chi connectivity index (χ4n) is 1.97. The second-order valence-corrected chi connectivity index (χ2v) is 5.05. The molecular weight excluding hydrogens is 178 g/mol. The van der Waals surface area contributed by atoms with Crippen LogP contribution in [0.1, 0.15) is 24.0 Å². The van der Waals surface area contributed by atoms with E-state index in [9.17, 15) is 0 Å². The Hall–Kier alpha value is -0.470. The van der Waals surface area contributed by atoms with E-state index in [0.717, 1.165) is 6.54 Å². The zero-order valence-electron chi connectivity index (χ0n) is 8.08. The highest BCUT2D eigenvalue weighted by molar-refractivity contribution is 8.00. The molecule has 2 atom stereocenters. The summed E-state index contributed by atoms with van der Waals surface area (Å²) in [7, 11) is 0. The zero-order chi connectivity index (χ0) is 9.42. The highest BCUT2D eigenvalue weighted by atomic mass is 32.2. The quantitative estimate of drug-likeness (QED) is 0.741. The maximum absolute atomic E-state index is 5.78. The van der Waals surface area contributed by atoms with E-state index in [-0.39, 0.29) is 0 Å². The van der Waals surface area contributed by atoms with Crippen molar-refractivity contribution in [3.05, 3.63) is 29.3 Å². The summed E-state index contributed by atoms with van der Waals surface area (Å²) in [5.74, 6) is 0.555. The Balaban J connectivity index is 2.48. The van der Waals surface area contributed by atoms with Crippen LogP contribution in [0, 0.1) is 6.92 Å². The van der Waals surface area contributed by atoms with Gasteiger partial charge in [0.25, 0.3) is 0 Å². The molecule has 1 aliphatic heterocycles. The van der Waals surface area contributed by atoms with Crippen molar-refractivity contribution in [2.45, 2.75) is 29.9 Å². The van der Waals surface area contributed by atoms with Crippen LogP contribution in [0.5, 0.6) is 0 Å². The van der Waals surface area contributed by atoms with Crippen molar-refractivity contribution in [3.63, 3.8) is 0 Å². The molecule has 1 aromatic rings. The maximum atomic E-state index is 5.78. The molecule has 0 spiro atoms. The number of nitrogens with two attached hydrogens (primary N) is 1. The molecular formula is C11H15NS. The summed E-state index contributed by atoms with van der Waals surface area (Å²) in [4.78, 5) is 1.46. The van der Waals surface area contributed by atoms with Crippen LogP contribution in [-0.2, 0) is 0 Å². The first-order chi connectivity index (χ1) is 6.24. The Morgan fingerprint density at radius 3 is 2.92 bits per heavy atom. The van der Waals surface area contributed by atoms with E-state index in [1.807, 2.05) is 11.8 Å². The van der Waals surface area contributed by atoms with Gasteiger partial charge in [0, 0.05) is 22.6 Å². The van der Waals surface area contributed by atoms with Crippen LogP contribution < -0.4 is 5.73 Å². The number of thioether (sulfide) groups is 1. The minimum absolute atomic E-state index is 0.555. The normalized spacial score (nSPS) is 26.1. The van der Waals surface area contributed by atoms with Gasteiger partial charge in [-0.25, -0.2) is 0 Å². The third kappa shape index (κ3) is 1.38. The largest absolute Gasteiger partial charge is 0.330 e. The molecule has 1 nitrogen and oxygen atoms in total. The average Bonchev–Trinajstić information content (AvgIpc) is 2.43. The van der Waals surface area contributed by atoms with Crippen LogP contribution in [0.3, 0.4) is 0 Å². The maximum Gasteiger partial charge on any atom is 0.0147 e. The minimum atomic E-state index is 0.555. The fraction of sp³-hybridized carbons (Fsp3) is 0.455. The summed E-state index contributed by atoms with van der Waals surface area (Å²) in [6, 6.07) is 6.53. The second kappa shape index (κ2) is 3.35. The molecule has 1 aromatic carbocycles. The van der Waals surface area contributed by atoms with Crippen molar-refractivity contribution < 1.29 is 0 Å². The topological polar surface area (TPSA) is 26.0 Å². The van der Waals surface area contributed by atoms with Gasteiger partial charge in [-0.3, -0.25) is 0 Å². The van der Waals surface area contributed by atoms with E-state index in [1.54, 1.807) is 0 Å². The summed E-state index contributed by atoms with van der Waals surface area (Å²) in [5, 5.41) is 0.640. The molecule has 2 unspecified atom stereocenters. The zero-order valence-corrected chi connectivity index (χ0v) is 8.90. The molecule has 1 heterocycles. The van der Waals surface area contributed by atoms with E-state index in [1.165, 1.54) is 16.0 Å². The van der Waals surface area contributed by atoms with Crippen LogP contribution in [0.4, 0.5) is 0 Å². The van der Waals surface area contributed by atoms with Crippen LogP contribution in [0.2, 0.25) is 0 Å². The first-order valence-corrected chi connectivity index (χ1v) is 5.58. The lowest BCUT2D eigenvalue weighted by atomic mass is 9.95. The van der Waals surface area contributed by atoms with Gasteiger partial charge < -0.3 is 5.73 Å². The second-order valence-electron chi connectivity index (χ2n) is 3.66. The van der Waals surface area contributed by atoms with Crippen molar-refractivity contribution in [2.75, 3.05) is 6.54 Å². The molecule has 0 aliphatic carbocycles. The predicted molar refractivity (Wildman–Crippen MR) is 58.3 cm³/mol. The van der Waals surface area contributed by atoms with Gasteiger partial charge in [0.1, 0.15) is 0 Å². The van der Waals surface area contributed by atoms with Crippen LogP contribution in [0.15, 0.2) is 23.1 Å². The highest BCUT2D eigenvalue weighted by Gasteiger charge is 2.29. The van der Waals surface area contributed by atoms with Gasteiger partial charge in [-0.2, -0.15) is 0 Å². The molecule has 70 valence electrons. The molecule has 0 radical (unpaired) electrons.